The largest absolute Gasteiger partial charge is 0.471 e. The summed E-state index contributed by atoms with van der Waals surface area (Å²) in [5.74, 6) is -2.80. The van der Waals surface area contributed by atoms with Gasteiger partial charge in [-0.3, -0.25) is 9.59 Å². The highest BCUT2D eigenvalue weighted by Crippen LogP contribution is 2.28. The number of halogens is 3. The Hall–Kier alpha value is -2.29. The van der Waals surface area contributed by atoms with Crippen LogP contribution in [0.15, 0.2) is 18.2 Å². The number of alkyl halides is 3. The standard InChI is InChI=1S/C14H16F3N3O3/c1-19(13(22)14(15,16)17)9-2-3-11(10(8-9)12(18)21)20-4-6-23-7-5-20/h2-3,8H,4-7H2,1H3,(H2,18,21). The van der Waals surface area contributed by atoms with Crippen molar-refractivity contribution in [3.63, 3.8) is 0 Å². The second-order valence-corrected chi connectivity index (χ2v) is 5.03. The van der Waals surface area contributed by atoms with Gasteiger partial charge in [0.2, 0.25) is 0 Å². The van der Waals surface area contributed by atoms with Gasteiger partial charge in [-0.05, 0) is 18.2 Å². The molecule has 0 unspecified atom stereocenters. The summed E-state index contributed by atoms with van der Waals surface area (Å²) in [6, 6.07) is 4.03. The van der Waals surface area contributed by atoms with E-state index < -0.39 is 18.0 Å². The number of hydrogen-bond acceptors (Lipinski definition) is 4. The van der Waals surface area contributed by atoms with E-state index in [0.29, 0.717) is 36.9 Å². The maximum atomic E-state index is 12.5. The Kier molecular flexibility index (Phi) is 4.79. The summed E-state index contributed by atoms with van der Waals surface area (Å²) >= 11 is 0. The SMILES string of the molecule is CN(C(=O)C(F)(F)F)c1ccc(N2CCOCC2)c(C(N)=O)c1. The second-order valence-electron chi connectivity index (χ2n) is 5.03. The van der Waals surface area contributed by atoms with Crippen LogP contribution < -0.4 is 15.5 Å². The molecule has 1 aromatic carbocycles. The molecule has 1 aliphatic rings. The molecule has 1 saturated heterocycles. The van der Waals surface area contributed by atoms with Gasteiger partial charge in [-0.15, -0.1) is 0 Å². The molecule has 1 aromatic rings. The smallest absolute Gasteiger partial charge is 0.378 e. The van der Waals surface area contributed by atoms with Crippen molar-refractivity contribution in [1.29, 1.82) is 0 Å². The third-order valence-corrected chi connectivity index (χ3v) is 3.53. The van der Waals surface area contributed by atoms with E-state index in [1.165, 1.54) is 18.2 Å². The Balaban J connectivity index is 2.36. The quantitative estimate of drug-likeness (QED) is 0.901. The molecule has 0 spiro atoms. The lowest BCUT2D eigenvalue weighted by Gasteiger charge is -2.30. The summed E-state index contributed by atoms with van der Waals surface area (Å²) in [6.07, 6.45) is -5.00. The maximum Gasteiger partial charge on any atom is 0.471 e. The topological polar surface area (TPSA) is 75.9 Å². The van der Waals surface area contributed by atoms with E-state index in [2.05, 4.69) is 0 Å². The second kappa shape index (κ2) is 6.45. The monoisotopic (exact) mass is 331 g/mol. The Bertz CT molecular complexity index is 613. The highest BCUT2D eigenvalue weighted by atomic mass is 19.4. The fourth-order valence-corrected chi connectivity index (χ4v) is 2.32. The normalized spacial score (nSPS) is 15.4. The van der Waals surface area contributed by atoms with Crippen LogP contribution in [-0.4, -0.2) is 51.3 Å². The molecule has 0 radical (unpaired) electrons. The molecule has 2 N–H and O–H groups in total. The van der Waals surface area contributed by atoms with Crippen LogP contribution in [0.25, 0.3) is 0 Å². The third kappa shape index (κ3) is 3.73. The zero-order valence-corrected chi connectivity index (χ0v) is 12.4. The molecular weight excluding hydrogens is 315 g/mol. The van der Waals surface area contributed by atoms with Crippen molar-refractivity contribution < 1.29 is 27.5 Å². The molecule has 1 fully saturated rings. The van der Waals surface area contributed by atoms with Crippen molar-refractivity contribution in [3.8, 4) is 0 Å². The van der Waals surface area contributed by atoms with Crippen molar-refractivity contribution in [3.05, 3.63) is 23.8 Å². The molecule has 23 heavy (non-hydrogen) atoms. The van der Waals surface area contributed by atoms with E-state index in [1.807, 2.05) is 4.90 Å². The minimum Gasteiger partial charge on any atom is -0.378 e. The van der Waals surface area contributed by atoms with Crippen LogP contribution >= 0.6 is 0 Å². The predicted molar refractivity (Wildman–Crippen MR) is 77.5 cm³/mol. The van der Waals surface area contributed by atoms with Crippen LogP contribution in [0, 0.1) is 0 Å². The van der Waals surface area contributed by atoms with Crippen LogP contribution in [0.1, 0.15) is 10.4 Å². The van der Waals surface area contributed by atoms with Gasteiger partial charge < -0.3 is 20.3 Å². The van der Waals surface area contributed by atoms with Crippen LogP contribution in [-0.2, 0) is 9.53 Å². The molecule has 0 bridgehead atoms. The first-order chi connectivity index (χ1) is 10.7. The number of amides is 2. The van der Waals surface area contributed by atoms with Crippen LogP contribution in [0.2, 0.25) is 0 Å². The van der Waals surface area contributed by atoms with Gasteiger partial charge in [-0.1, -0.05) is 0 Å². The van der Waals surface area contributed by atoms with Gasteiger partial charge in [0.05, 0.1) is 18.8 Å². The minimum absolute atomic E-state index is 0.0573. The Labute approximate surface area is 130 Å². The molecule has 2 rings (SSSR count). The fourth-order valence-electron chi connectivity index (χ4n) is 2.32. The number of hydrogen-bond donors (Lipinski definition) is 1. The highest BCUT2D eigenvalue weighted by Gasteiger charge is 2.41. The summed E-state index contributed by atoms with van der Waals surface area (Å²) in [7, 11) is 0.990. The highest BCUT2D eigenvalue weighted by molar-refractivity contribution is 6.02. The van der Waals surface area contributed by atoms with Crippen molar-refractivity contribution >= 4 is 23.2 Å². The van der Waals surface area contributed by atoms with Gasteiger partial charge >= 0.3 is 12.1 Å². The fraction of sp³-hybridized carbons (Fsp3) is 0.429. The van der Waals surface area contributed by atoms with Crippen LogP contribution in [0.5, 0.6) is 0 Å². The molecule has 1 aliphatic heterocycles. The van der Waals surface area contributed by atoms with Crippen molar-refractivity contribution in [2.24, 2.45) is 5.73 Å². The summed E-state index contributed by atoms with van der Waals surface area (Å²) in [5.41, 5.74) is 5.85. The molecule has 1 heterocycles. The first-order valence-corrected chi connectivity index (χ1v) is 6.83. The van der Waals surface area contributed by atoms with Gasteiger partial charge in [0, 0.05) is 31.5 Å². The zero-order chi connectivity index (χ0) is 17.2. The first-order valence-electron chi connectivity index (χ1n) is 6.83. The lowest BCUT2D eigenvalue weighted by Crippen LogP contribution is -2.39. The van der Waals surface area contributed by atoms with Gasteiger partial charge in [0.15, 0.2) is 0 Å². The van der Waals surface area contributed by atoms with E-state index in [0.717, 1.165) is 7.05 Å². The summed E-state index contributed by atoms with van der Waals surface area (Å²) < 4.78 is 42.7. The predicted octanol–water partition coefficient (Wildman–Crippen LogP) is 1.15. The van der Waals surface area contributed by atoms with Crippen molar-refractivity contribution in [2.45, 2.75) is 6.18 Å². The van der Waals surface area contributed by atoms with E-state index in [-0.39, 0.29) is 11.3 Å². The molecule has 0 saturated carbocycles. The number of carbonyl (C=O) groups is 2. The number of benzene rings is 1. The summed E-state index contributed by atoms with van der Waals surface area (Å²) in [5, 5.41) is 0. The number of rotatable bonds is 3. The van der Waals surface area contributed by atoms with Crippen molar-refractivity contribution in [2.75, 3.05) is 43.2 Å². The molecule has 0 aromatic heterocycles. The number of morpholine rings is 1. The van der Waals surface area contributed by atoms with Gasteiger partial charge in [0.25, 0.3) is 5.91 Å². The third-order valence-electron chi connectivity index (χ3n) is 3.53. The first kappa shape index (κ1) is 17.1. The molecule has 0 atom stereocenters. The number of anilines is 2. The Morgan fingerprint density at radius 1 is 1.26 bits per heavy atom. The lowest BCUT2D eigenvalue weighted by atomic mass is 10.1. The molecule has 9 heteroatoms. The zero-order valence-electron chi connectivity index (χ0n) is 12.4. The van der Waals surface area contributed by atoms with E-state index in [9.17, 15) is 22.8 Å². The summed E-state index contributed by atoms with van der Waals surface area (Å²) in [4.78, 5) is 25.2. The summed E-state index contributed by atoms with van der Waals surface area (Å²) in [6.45, 7) is 2.03. The Morgan fingerprint density at radius 2 is 1.87 bits per heavy atom. The van der Waals surface area contributed by atoms with E-state index in [4.69, 9.17) is 10.5 Å². The number of nitrogens with zero attached hydrogens (tertiary/aromatic N) is 2. The van der Waals surface area contributed by atoms with E-state index in [1.54, 1.807) is 0 Å². The maximum absolute atomic E-state index is 12.5. The molecule has 0 aliphatic carbocycles. The lowest BCUT2D eigenvalue weighted by molar-refractivity contribution is -0.170. The number of primary amides is 1. The Morgan fingerprint density at radius 3 is 2.39 bits per heavy atom. The van der Waals surface area contributed by atoms with Crippen LogP contribution in [0.4, 0.5) is 24.5 Å². The average molecular weight is 331 g/mol. The van der Waals surface area contributed by atoms with Gasteiger partial charge in [-0.25, -0.2) is 0 Å². The average Bonchev–Trinajstić information content (AvgIpc) is 2.52. The minimum atomic E-state index is -5.00. The molecule has 6 nitrogen and oxygen atoms in total. The van der Waals surface area contributed by atoms with Gasteiger partial charge in [-0.2, -0.15) is 13.2 Å². The van der Waals surface area contributed by atoms with Crippen LogP contribution in [0.3, 0.4) is 0 Å². The molecule has 2 amide bonds. The number of nitrogens with two attached hydrogens (primary N) is 1. The van der Waals surface area contributed by atoms with Gasteiger partial charge in [0.1, 0.15) is 0 Å². The van der Waals surface area contributed by atoms with E-state index >= 15 is 0 Å². The van der Waals surface area contributed by atoms with Crippen molar-refractivity contribution in [1.82, 2.24) is 0 Å². The molecule has 126 valence electrons. The number of ether oxygens (including phenoxy) is 1. The molecular formula is C14H16F3N3O3. The number of carbonyl (C=O) groups excluding carboxylic acids is 2.